The van der Waals surface area contributed by atoms with E-state index in [1.807, 2.05) is 20.0 Å². The van der Waals surface area contributed by atoms with Gasteiger partial charge in [-0.15, -0.1) is 0 Å². The fourth-order valence-corrected chi connectivity index (χ4v) is 4.16. The van der Waals surface area contributed by atoms with Crippen LogP contribution in [0.3, 0.4) is 0 Å². The number of ether oxygens (including phenoxy) is 1. The zero-order valence-electron chi connectivity index (χ0n) is 11.9. The zero-order chi connectivity index (χ0) is 15.2. The molecular weight excluding hydrogens is 344 g/mol. The van der Waals surface area contributed by atoms with Crippen LogP contribution < -0.4 is 10.0 Å². The molecule has 0 aliphatic carbocycles. The number of rotatable bonds is 8. The van der Waals surface area contributed by atoms with Crippen molar-refractivity contribution in [3.63, 3.8) is 0 Å². The summed E-state index contributed by atoms with van der Waals surface area (Å²) >= 11 is 3.32. The van der Waals surface area contributed by atoms with Crippen LogP contribution in [0.2, 0.25) is 0 Å². The molecule has 0 radical (unpaired) electrons. The smallest absolute Gasteiger partial charge is 0.241 e. The summed E-state index contributed by atoms with van der Waals surface area (Å²) in [6, 6.07) is 5.05. The molecule has 7 heteroatoms. The van der Waals surface area contributed by atoms with E-state index in [1.165, 1.54) is 0 Å². The van der Waals surface area contributed by atoms with Crippen LogP contribution in [0.5, 0.6) is 0 Å². The molecule has 0 aliphatic rings. The highest BCUT2D eigenvalue weighted by atomic mass is 79.9. The zero-order valence-corrected chi connectivity index (χ0v) is 14.3. The van der Waals surface area contributed by atoms with Gasteiger partial charge in [-0.25, -0.2) is 13.1 Å². The molecule has 1 unspecified atom stereocenters. The number of hydrogen-bond acceptors (Lipinski definition) is 4. The van der Waals surface area contributed by atoms with Crippen LogP contribution in [0.15, 0.2) is 27.6 Å². The first-order valence-corrected chi connectivity index (χ1v) is 8.62. The topological polar surface area (TPSA) is 67.4 Å². The molecule has 0 saturated carbocycles. The van der Waals surface area contributed by atoms with Crippen LogP contribution in [0, 0.1) is 0 Å². The van der Waals surface area contributed by atoms with Gasteiger partial charge in [0.05, 0.1) is 4.90 Å². The molecular formula is C13H21BrN2O3S. The molecule has 0 aromatic heterocycles. The van der Waals surface area contributed by atoms with Crippen molar-refractivity contribution in [3.05, 3.63) is 28.2 Å². The third kappa shape index (κ3) is 5.14. The number of sulfonamides is 1. The SMILES string of the molecule is CNCc1ccc(S(=O)(=O)NC(C)CCOC)c(Br)c1. The van der Waals surface area contributed by atoms with Gasteiger partial charge >= 0.3 is 0 Å². The van der Waals surface area contributed by atoms with Gasteiger partial charge in [0.15, 0.2) is 0 Å². The van der Waals surface area contributed by atoms with E-state index in [1.54, 1.807) is 19.2 Å². The summed E-state index contributed by atoms with van der Waals surface area (Å²) in [5.74, 6) is 0. The van der Waals surface area contributed by atoms with Gasteiger partial charge in [0, 0.05) is 30.8 Å². The lowest BCUT2D eigenvalue weighted by Crippen LogP contribution is -2.33. The highest BCUT2D eigenvalue weighted by Gasteiger charge is 2.20. The van der Waals surface area contributed by atoms with Crippen molar-refractivity contribution in [2.75, 3.05) is 20.8 Å². The van der Waals surface area contributed by atoms with Gasteiger partial charge in [0.25, 0.3) is 0 Å². The van der Waals surface area contributed by atoms with Gasteiger partial charge in [-0.2, -0.15) is 0 Å². The first kappa shape index (κ1) is 17.6. The average Bonchev–Trinajstić information content (AvgIpc) is 2.36. The van der Waals surface area contributed by atoms with Crippen molar-refractivity contribution in [1.29, 1.82) is 0 Å². The normalized spacial score (nSPS) is 13.4. The Morgan fingerprint density at radius 2 is 2.10 bits per heavy atom. The Hall–Kier alpha value is -0.470. The Morgan fingerprint density at radius 1 is 1.40 bits per heavy atom. The van der Waals surface area contributed by atoms with E-state index in [4.69, 9.17) is 4.74 Å². The summed E-state index contributed by atoms with van der Waals surface area (Å²) in [5.41, 5.74) is 1.02. The predicted molar refractivity (Wildman–Crippen MR) is 83.2 cm³/mol. The maximum absolute atomic E-state index is 12.3. The van der Waals surface area contributed by atoms with Crippen LogP contribution in [0.1, 0.15) is 18.9 Å². The van der Waals surface area contributed by atoms with Gasteiger partial charge in [0.2, 0.25) is 10.0 Å². The van der Waals surface area contributed by atoms with Crippen molar-refractivity contribution in [3.8, 4) is 0 Å². The Kier molecular flexibility index (Phi) is 7.11. The van der Waals surface area contributed by atoms with Gasteiger partial charge in [-0.05, 0) is 54.0 Å². The molecule has 1 aromatic carbocycles. The lowest BCUT2D eigenvalue weighted by Gasteiger charge is -2.15. The molecule has 1 atom stereocenters. The second-order valence-electron chi connectivity index (χ2n) is 4.60. The highest BCUT2D eigenvalue weighted by Crippen LogP contribution is 2.23. The first-order valence-electron chi connectivity index (χ1n) is 6.35. The van der Waals surface area contributed by atoms with Crippen LogP contribution in [0.4, 0.5) is 0 Å². The second-order valence-corrected chi connectivity index (χ2v) is 7.14. The minimum atomic E-state index is -3.53. The van der Waals surface area contributed by atoms with Gasteiger partial charge < -0.3 is 10.1 Å². The largest absolute Gasteiger partial charge is 0.385 e. The van der Waals surface area contributed by atoms with Crippen molar-refractivity contribution < 1.29 is 13.2 Å². The molecule has 0 aliphatic heterocycles. The standard InChI is InChI=1S/C13H21BrN2O3S/c1-10(6-7-19-3)16-20(17,18)13-5-4-11(9-15-2)8-12(13)14/h4-5,8,10,15-16H,6-7,9H2,1-3H3. The monoisotopic (exact) mass is 364 g/mol. The molecule has 0 bridgehead atoms. The number of nitrogens with one attached hydrogen (secondary N) is 2. The quantitative estimate of drug-likeness (QED) is 0.738. The Labute approximate surface area is 129 Å². The molecule has 5 nitrogen and oxygen atoms in total. The van der Waals surface area contributed by atoms with E-state index >= 15 is 0 Å². The number of hydrogen-bond donors (Lipinski definition) is 2. The molecule has 0 fully saturated rings. The molecule has 0 heterocycles. The molecule has 0 spiro atoms. The molecule has 0 saturated heterocycles. The summed E-state index contributed by atoms with van der Waals surface area (Å²) < 4.78 is 32.8. The first-order chi connectivity index (χ1) is 9.40. The van der Waals surface area contributed by atoms with E-state index in [-0.39, 0.29) is 10.9 Å². The van der Waals surface area contributed by atoms with Crippen molar-refractivity contribution in [2.45, 2.75) is 30.8 Å². The molecule has 1 rings (SSSR count). The number of benzene rings is 1. The fraction of sp³-hybridized carbons (Fsp3) is 0.538. The van der Waals surface area contributed by atoms with Gasteiger partial charge in [-0.3, -0.25) is 0 Å². The Morgan fingerprint density at radius 3 is 2.65 bits per heavy atom. The number of halogens is 1. The average molecular weight is 365 g/mol. The molecule has 1 aromatic rings. The molecule has 2 N–H and O–H groups in total. The number of methoxy groups -OCH3 is 1. The third-order valence-electron chi connectivity index (χ3n) is 2.78. The summed E-state index contributed by atoms with van der Waals surface area (Å²) in [6.45, 7) is 3.03. The maximum Gasteiger partial charge on any atom is 0.241 e. The van der Waals surface area contributed by atoms with E-state index in [0.29, 0.717) is 24.0 Å². The Balaban J connectivity index is 2.87. The van der Waals surface area contributed by atoms with E-state index in [0.717, 1.165) is 5.56 Å². The predicted octanol–water partition coefficient (Wildman–Crippen LogP) is 1.87. The molecule has 114 valence electrons. The lowest BCUT2D eigenvalue weighted by atomic mass is 10.2. The third-order valence-corrected chi connectivity index (χ3v) is 5.34. The summed E-state index contributed by atoms with van der Waals surface area (Å²) in [4.78, 5) is 0.251. The minimum Gasteiger partial charge on any atom is -0.385 e. The summed E-state index contributed by atoms with van der Waals surface area (Å²) in [7, 11) is -0.0848. The van der Waals surface area contributed by atoms with E-state index in [2.05, 4.69) is 26.0 Å². The van der Waals surface area contributed by atoms with Gasteiger partial charge in [-0.1, -0.05) is 6.07 Å². The van der Waals surface area contributed by atoms with Crippen LogP contribution in [-0.2, 0) is 21.3 Å². The van der Waals surface area contributed by atoms with E-state index in [9.17, 15) is 8.42 Å². The molecule has 0 amide bonds. The summed E-state index contributed by atoms with van der Waals surface area (Å²) in [6.07, 6.45) is 0.630. The highest BCUT2D eigenvalue weighted by molar-refractivity contribution is 9.10. The van der Waals surface area contributed by atoms with Crippen LogP contribution in [0.25, 0.3) is 0 Å². The lowest BCUT2D eigenvalue weighted by molar-refractivity contribution is 0.188. The minimum absolute atomic E-state index is 0.177. The second kappa shape index (κ2) is 8.09. The summed E-state index contributed by atoms with van der Waals surface area (Å²) in [5, 5.41) is 3.02. The van der Waals surface area contributed by atoms with Crippen LogP contribution >= 0.6 is 15.9 Å². The molecule has 20 heavy (non-hydrogen) atoms. The van der Waals surface area contributed by atoms with Crippen molar-refractivity contribution in [1.82, 2.24) is 10.0 Å². The Bertz CT molecular complexity index is 534. The fourth-order valence-electron chi connectivity index (χ4n) is 1.76. The van der Waals surface area contributed by atoms with Crippen LogP contribution in [-0.4, -0.2) is 35.2 Å². The van der Waals surface area contributed by atoms with Gasteiger partial charge in [0.1, 0.15) is 0 Å². The van der Waals surface area contributed by atoms with E-state index < -0.39 is 10.0 Å². The maximum atomic E-state index is 12.3. The van der Waals surface area contributed by atoms with Crippen molar-refractivity contribution in [2.24, 2.45) is 0 Å². The van der Waals surface area contributed by atoms with Crippen molar-refractivity contribution >= 4 is 26.0 Å².